The third-order valence-corrected chi connectivity index (χ3v) is 5.28. The van der Waals surface area contributed by atoms with E-state index in [-0.39, 0.29) is 5.02 Å². The molecule has 0 heterocycles. The van der Waals surface area contributed by atoms with Crippen LogP contribution in [0.1, 0.15) is 45.2 Å². The van der Waals surface area contributed by atoms with Crippen LogP contribution < -0.4 is 4.72 Å². The van der Waals surface area contributed by atoms with Gasteiger partial charge in [-0.1, -0.05) is 23.7 Å². The standard InChI is InChI=1S/C14H18ClF2NOS/c1-13(2,3)20(19)18-12(14(17)7-8-14)9-5-4-6-10(16)11(9)15/h4-6,12,18H,7-8H2,1-3H3. The van der Waals surface area contributed by atoms with Crippen LogP contribution in [-0.4, -0.2) is 15.0 Å². The summed E-state index contributed by atoms with van der Waals surface area (Å²) in [5, 5.41) is -0.111. The third-order valence-electron chi connectivity index (χ3n) is 3.32. The zero-order valence-electron chi connectivity index (χ0n) is 11.7. The molecule has 0 amide bonds. The summed E-state index contributed by atoms with van der Waals surface area (Å²) >= 11 is 4.48. The fourth-order valence-corrected chi connectivity index (χ4v) is 3.02. The van der Waals surface area contributed by atoms with E-state index in [1.165, 1.54) is 12.1 Å². The Morgan fingerprint density at radius 3 is 2.50 bits per heavy atom. The van der Waals surface area contributed by atoms with Gasteiger partial charge < -0.3 is 4.55 Å². The zero-order valence-corrected chi connectivity index (χ0v) is 13.2. The highest BCUT2D eigenvalue weighted by atomic mass is 35.5. The first-order valence-electron chi connectivity index (χ1n) is 6.46. The fourth-order valence-electron chi connectivity index (χ4n) is 1.88. The van der Waals surface area contributed by atoms with E-state index in [4.69, 9.17) is 11.6 Å². The van der Waals surface area contributed by atoms with Gasteiger partial charge in [0, 0.05) is 11.4 Å². The van der Waals surface area contributed by atoms with Crippen LogP contribution in [0.15, 0.2) is 18.2 Å². The molecule has 2 rings (SSSR count). The summed E-state index contributed by atoms with van der Waals surface area (Å²) < 4.78 is 42.6. The minimum absolute atomic E-state index is 0.111. The molecule has 2 nitrogen and oxygen atoms in total. The van der Waals surface area contributed by atoms with Crippen molar-refractivity contribution in [3.63, 3.8) is 0 Å². The Kier molecular flexibility index (Phi) is 4.36. The van der Waals surface area contributed by atoms with Crippen LogP contribution in [0, 0.1) is 5.82 Å². The minimum Gasteiger partial charge on any atom is -0.598 e. The Hall–Kier alpha value is -0.360. The molecule has 0 saturated heterocycles. The van der Waals surface area contributed by atoms with E-state index >= 15 is 0 Å². The number of rotatable bonds is 4. The maximum absolute atomic E-state index is 14.5. The van der Waals surface area contributed by atoms with Crippen molar-refractivity contribution in [3.8, 4) is 0 Å². The summed E-state index contributed by atoms with van der Waals surface area (Å²) in [4.78, 5) is 0. The molecule has 0 aliphatic heterocycles. The molecule has 1 aliphatic rings. The second-order valence-corrected chi connectivity index (χ2v) is 8.49. The van der Waals surface area contributed by atoms with E-state index in [2.05, 4.69) is 4.72 Å². The molecule has 1 fully saturated rings. The van der Waals surface area contributed by atoms with Gasteiger partial charge in [-0.05, 0) is 45.2 Å². The van der Waals surface area contributed by atoms with Crippen molar-refractivity contribution in [1.82, 2.24) is 4.72 Å². The molecule has 112 valence electrons. The van der Waals surface area contributed by atoms with Crippen LogP contribution in [0.25, 0.3) is 0 Å². The van der Waals surface area contributed by atoms with Crippen LogP contribution in [0.5, 0.6) is 0 Å². The number of hydrogen-bond donors (Lipinski definition) is 1. The SMILES string of the molecule is CC(C)(C)[S+]([O-])NC(c1cccc(F)c1Cl)C1(F)CC1. The summed E-state index contributed by atoms with van der Waals surface area (Å²) in [6.45, 7) is 5.37. The molecular weight excluding hydrogens is 304 g/mol. The van der Waals surface area contributed by atoms with Crippen molar-refractivity contribution in [2.75, 3.05) is 0 Å². The predicted molar refractivity (Wildman–Crippen MR) is 78.3 cm³/mol. The number of halogens is 3. The van der Waals surface area contributed by atoms with Gasteiger partial charge in [-0.15, -0.1) is 4.72 Å². The first-order chi connectivity index (χ1) is 9.15. The highest BCUT2D eigenvalue weighted by molar-refractivity contribution is 7.90. The molecule has 1 aromatic carbocycles. The highest BCUT2D eigenvalue weighted by Gasteiger charge is 2.54. The van der Waals surface area contributed by atoms with Gasteiger partial charge >= 0.3 is 0 Å². The molecule has 0 bridgehead atoms. The van der Waals surface area contributed by atoms with E-state index in [1.807, 2.05) is 0 Å². The number of nitrogens with one attached hydrogen (secondary N) is 1. The van der Waals surface area contributed by atoms with E-state index in [1.54, 1.807) is 26.8 Å². The Bertz CT molecular complexity index is 502. The lowest BCUT2D eigenvalue weighted by molar-refractivity contribution is 0.244. The fraction of sp³-hybridized carbons (Fsp3) is 0.571. The summed E-state index contributed by atoms with van der Waals surface area (Å²) in [5.74, 6) is -0.596. The molecule has 1 aliphatic carbocycles. The second-order valence-electron chi connectivity index (χ2n) is 6.11. The van der Waals surface area contributed by atoms with E-state index < -0.39 is 33.6 Å². The number of hydrogen-bond acceptors (Lipinski definition) is 2. The first-order valence-corrected chi connectivity index (χ1v) is 7.99. The quantitative estimate of drug-likeness (QED) is 0.848. The zero-order chi connectivity index (χ0) is 15.1. The van der Waals surface area contributed by atoms with Crippen molar-refractivity contribution in [3.05, 3.63) is 34.6 Å². The molecule has 0 radical (unpaired) electrons. The molecule has 1 aromatic rings. The van der Waals surface area contributed by atoms with Crippen molar-refractivity contribution < 1.29 is 13.3 Å². The van der Waals surface area contributed by atoms with Gasteiger partial charge in [0.15, 0.2) is 0 Å². The van der Waals surface area contributed by atoms with Gasteiger partial charge in [-0.25, -0.2) is 8.78 Å². The smallest absolute Gasteiger partial charge is 0.142 e. The molecule has 0 spiro atoms. The summed E-state index contributed by atoms with van der Waals surface area (Å²) in [6.07, 6.45) is 0.720. The van der Waals surface area contributed by atoms with Crippen LogP contribution in [0.2, 0.25) is 5.02 Å². The summed E-state index contributed by atoms with van der Waals surface area (Å²) in [6, 6.07) is 3.42. The van der Waals surface area contributed by atoms with E-state index in [9.17, 15) is 13.3 Å². The first kappa shape index (κ1) is 16.0. The van der Waals surface area contributed by atoms with Crippen molar-refractivity contribution in [2.45, 2.75) is 50.1 Å². The topological polar surface area (TPSA) is 35.1 Å². The predicted octanol–water partition coefficient (Wildman–Crippen LogP) is 4.07. The van der Waals surface area contributed by atoms with Gasteiger partial charge in [0.25, 0.3) is 0 Å². The lowest BCUT2D eigenvalue weighted by Gasteiger charge is -2.30. The van der Waals surface area contributed by atoms with Crippen molar-refractivity contribution >= 4 is 23.0 Å². The van der Waals surface area contributed by atoms with Gasteiger partial charge in [0.2, 0.25) is 0 Å². The largest absolute Gasteiger partial charge is 0.598 e. The monoisotopic (exact) mass is 321 g/mol. The maximum Gasteiger partial charge on any atom is 0.142 e. The van der Waals surface area contributed by atoms with Crippen LogP contribution in [0.3, 0.4) is 0 Å². The van der Waals surface area contributed by atoms with E-state index in [0.29, 0.717) is 18.4 Å². The van der Waals surface area contributed by atoms with E-state index in [0.717, 1.165) is 0 Å². The summed E-state index contributed by atoms with van der Waals surface area (Å²) in [7, 11) is 0. The maximum atomic E-state index is 14.5. The van der Waals surface area contributed by atoms with Gasteiger partial charge in [0.1, 0.15) is 22.3 Å². The van der Waals surface area contributed by atoms with Crippen LogP contribution >= 0.6 is 11.6 Å². The molecule has 1 N–H and O–H groups in total. The molecule has 2 atom stereocenters. The van der Waals surface area contributed by atoms with Crippen molar-refractivity contribution in [1.29, 1.82) is 0 Å². The average molecular weight is 322 g/mol. The Labute approximate surface area is 126 Å². The van der Waals surface area contributed by atoms with Gasteiger partial charge in [-0.2, -0.15) is 0 Å². The van der Waals surface area contributed by atoms with Crippen molar-refractivity contribution in [2.24, 2.45) is 0 Å². The van der Waals surface area contributed by atoms with Gasteiger partial charge in [-0.3, -0.25) is 0 Å². The molecule has 1 saturated carbocycles. The second kappa shape index (κ2) is 5.44. The van der Waals surface area contributed by atoms with Crippen LogP contribution in [-0.2, 0) is 11.4 Å². The third kappa shape index (κ3) is 3.27. The molecule has 6 heteroatoms. The molecular formula is C14H18ClF2NOS. The van der Waals surface area contributed by atoms with Crippen LogP contribution in [0.4, 0.5) is 8.78 Å². The molecule has 20 heavy (non-hydrogen) atoms. The minimum atomic E-state index is -1.50. The normalized spacial score (nSPS) is 20.6. The lowest BCUT2D eigenvalue weighted by Crippen LogP contribution is -2.44. The summed E-state index contributed by atoms with van der Waals surface area (Å²) in [5.41, 5.74) is -1.18. The Balaban J connectivity index is 2.32. The van der Waals surface area contributed by atoms with Gasteiger partial charge in [0.05, 0.1) is 5.02 Å². The number of benzene rings is 1. The Morgan fingerprint density at radius 2 is 2.00 bits per heavy atom. The molecule has 2 unspecified atom stereocenters. The number of alkyl halides is 1. The highest BCUT2D eigenvalue weighted by Crippen LogP contribution is 2.51. The molecule has 0 aromatic heterocycles. The lowest BCUT2D eigenvalue weighted by atomic mass is 10.0. The average Bonchev–Trinajstić information content (AvgIpc) is 3.08. The Morgan fingerprint density at radius 1 is 1.40 bits per heavy atom.